The molecule has 1 amide bonds. The number of nitrogens with one attached hydrogen (secondary N) is 1. The van der Waals surface area contributed by atoms with Crippen LogP contribution in [0.5, 0.6) is 0 Å². The molecule has 2 N–H and O–H groups in total. The summed E-state index contributed by atoms with van der Waals surface area (Å²) in [5, 5.41) is 25.7. The largest absolute Gasteiger partial charge is 0.380 e. The number of carbonyl (C=O) groups excluding carboxylic acids is 1. The SMILES string of the molecule is CCCN1CCC(O)(C(=O)NC2CCc3nnc(-c4csc(C)n4)n3CC2)CC1. The monoisotopic (exact) mass is 418 g/mol. The maximum atomic E-state index is 12.8. The van der Waals surface area contributed by atoms with Gasteiger partial charge in [-0.05, 0) is 45.6 Å². The first-order chi connectivity index (χ1) is 14.0. The molecular formula is C20H30N6O2S. The maximum Gasteiger partial charge on any atom is 0.252 e. The van der Waals surface area contributed by atoms with E-state index in [9.17, 15) is 9.90 Å². The van der Waals surface area contributed by atoms with Crippen LogP contribution >= 0.6 is 11.3 Å². The summed E-state index contributed by atoms with van der Waals surface area (Å²) in [5.74, 6) is 1.53. The Bertz CT molecular complexity index is 855. The smallest absolute Gasteiger partial charge is 0.252 e. The fourth-order valence-corrected chi connectivity index (χ4v) is 4.89. The highest BCUT2D eigenvalue weighted by Gasteiger charge is 2.40. The quantitative estimate of drug-likeness (QED) is 0.768. The molecule has 8 nitrogen and oxygen atoms in total. The van der Waals surface area contributed by atoms with Crippen molar-refractivity contribution >= 4 is 17.2 Å². The molecule has 4 heterocycles. The molecule has 0 aliphatic carbocycles. The first-order valence-corrected chi connectivity index (χ1v) is 11.5. The third kappa shape index (κ3) is 4.36. The van der Waals surface area contributed by atoms with Crippen LogP contribution in [-0.2, 0) is 17.8 Å². The Labute approximate surface area is 175 Å². The maximum absolute atomic E-state index is 12.8. The van der Waals surface area contributed by atoms with E-state index in [-0.39, 0.29) is 11.9 Å². The molecule has 2 aromatic rings. The van der Waals surface area contributed by atoms with Gasteiger partial charge in [0, 0.05) is 37.5 Å². The van der Waals surface area contributed by atoms with E-state index in [1.54, 1.807) is 11.3 Å². The molecule has 1 unspecified atom stereocenters. The van der Waals surface area contributed by atoms with Gasteiger partial charge in [0.2, 0.25) is 0 Å². The Kier molecular flexibility index (Phi) is 5.98. The van der Waals surface area contributed by atoms with Crippen LogP contribution in [0.25, 0.3) is 11.5 Å². The number of aryl methyl sites for hydroxylation is 2. The number of piperidine rings is 1. The highest BCUT2D eigenvalue weighted by molar-refractivity contribution is 7.09. The van der Waals surface area contributed by atoms with E-state index in [1.165, 1.54) is 0 Å². The second-order valence-electron chi connectivity index (χ2n) is 8.21. The molecule has 2 aliphatic rings. The average molecular weight is 419 g/mol. The molecule has 0 spiro atoms. The summed E-state index contributed by atoms with van der Waals surface area (Å²) in [6.45, 7) is 7.46. The molecule has 2 aliphatic heterocycles. The van der Waals surface area contributed by atoms with Crippen molar-refractivity contribution in [3.63, 3.8) is 0 Å². The van der Waals surface area contributed by atoms with Gasteiger partial charge in [-0.1, -0.05) is 6.92 Å². The number of thiazole rings is 1. The fraction of sp³-hybridized carbons (Fsp3) is 0.700. The van der Waals surface area contributed by atoms with E-state index >= 15 is 0 Å². The van der Waals surface area contributed by atoms with Crippen molar-refractivity contribution < 1.29 is 9.90 Å². The summed E-state index contributed by atoms with van der Waals surface area (Å²) >= 11 is 1.61. The second kappa shape index (κ2) is 8.49. The van der Waals surface area contributed by atoms with Crippen molar-refractivity contribution in [1.82, 2.24) is 30.0 Å². The lowest BCUT2D eigenvalue weighted by Gasteiger charge is -2.37. The minimum absolute atomic E-state index is 0.0342. The molecule has 0 saturated carbocycles. The van der Waals surface area contributed by atoms with Gasteiger partial charge in [-0.3, -0.25) is 4.79 Å². The standard InChI is InChI=1S/C20H30N6O2S/c1-3-9-25-11-7-20(28,8-12-25)19(27)22-15-4-5-17-23-24-18(26(17)10-6-15)16-13-29-14(2)21-16/h13,15,28H,3-12H2,1-2H3,(H,22,27). The van der Waals surface area contributed by atoms with Gasteiger partial charge < -0.3 is 19.9 Å². The minimum Gasteiger partial charge on any atom is -0.380 e. The molecule has 1 saturated heterocycles. The molecule has 29 heavy (non-hydrogen) atoms. The zero-order chi connectivity index (χ0) is 20.4. The van der Waals surface area contributed by atoms with Crippen molar-refractivity contribution in [2.75, 3.05) is 19.6 Å². The topological polar surface area (TPSA) is 96.2 Å². The number of aliphatic hydroxyl groups is 1. The average Bonchev–Trinajstić information content (AvgIpc) is 3.26. The summed E-state index contributed by atoms with van der Waals surface area (Å²) < 4.78 is 2.12. The van der Waals surface area contributed by atoms with Crippen LogP contribution in [0, 0.1) is 6.92 Å². The lowest BCUT2D eigenvalue weighted by Crippen LogP contribution is -2.55. The summed E-state index contributed by atoms with van der Waals surface area (Å²) in [6, 6.07) is 0.0342. The molecular weight excluding hydrogens is 388 g/mol. The molecule has 0 radical (unpaired) electrons. The van der Waals surface area contributed by atoms with Crippen molar-refractivity contribution in [2.24, 2.45) is 0 Å². The van der Waals surface area contributed by atoms with Crippen molar-refractivity contribution in [3.05, 3.63) is 16.2 Å². The Morgan fingerprint density at radius 1 is 1.31 bits per heavy atom. The van der Waals surface area contributed by atoms with Gasteiger partial charge >= 0.3 is 0 Å². The van der Waals surface area contributed by atoms with Crippen LogP contribution in [0.1, 0.15) is 49.9 Å². The summed E-state index contributed by atoms with van der Waals surface area (Å²) in [7, 11) is 0. The molecule has 2 aromatic heterocycles. The summed E-state index contributed by atoms with van der Waals surface area (Å²) in [5.41, 5.74) is -0.378. The number of rotatable bonds is 5. The lowest BCUT2D eigenvalue weighted by atomic mass is 9.89. The number of fused-ring (bicyclic) bond motifs is 1. The van der Waals surface area contributed by atoms with Gasteiger partial charge in [-0.15, -0.1) is 21.5 Å². The molecule has 4 rings (SSSR count). The molecule has 0 aromatic carbocycles. The lowest BCUT2D eigenvalue weighted by molar-refractivity contribution is -0.145. The number of likely N-dealkylation sites (tertiary alicyclic amines) is 1. The van der Waals surface area contributed by atoms with Crippen LogP contribution in [0.4, 0.5) is 0 Å². The zero-order valence-corrected chi connectivity index (χ0v) is 18.0. The zero-order valence-electron chi connectivity index (χ0n) is 17.2. The number of aromatic nitrogens is 4. The number of amides is 1. The van der Waals surface area contributed by atoms with Gasteiger partial charge in [0.1, 0.15) is 17.1 Å². The third-order valence-electron chi connectivity index (χ3n) is 6.07. The number of hydrogen-bond acceptors (Lipinski definition) is 7. The molecule has 1 fully saturated rings. The molecule has 1 atom stereocenters. The Morgan fingerprint density at radius 3 is 2.79 bits per heavy atom. The van der Waals surface area contributed by atoms with E-state index in [0.717, 1.165) is 74.2 Å². The fourth-order valence-electron chi connectivity index (χ4n) is 4.30. The first kappa shape index (κ1) is 20.4. The Hall–Kier alpha value is -1.84. The van der Waals surface area contributed by atoms with Gasteiger partial charge in [0.25, 0.3) is 5.91 Å². The van der Waals surface area contributed by atoms with E-state index in [1.807, 2.05) is 12.3 Å². The molecule has 158 valence electrons. The van der Waals surface area contributed by atoms with Gasteiger partial charge in [0.15, 0.2) is 5.82 Å². The van der Waals surface area contributed by atoms with Gasteiger partial charge in [0.05, 0.1) is 5.01 Å². The Balaban J connectivity index is 1.37. The highest BCUT2D eigenvalue weighted by atomic mass is 32.1. The van der Waals surface area contributed by atoms with E-state index in [4.69, 9.17) is 0 Å². The highest BCUT2D eigenvalue weighted by Crippen LogP contribution is 2.26. The number of carbonyl (C=O) groups is 1. The summed E-state index contributed by atoms with van der Waals surface area (Å²) in [6.07, 6.45) is 4.46. The van der Waals surface area contributed by atoms with E-state index < -0.39 is 5.60 Å². The van der Waals surface area contributed by atoms with Gasteiger partial charge in [-0.25, -0.2) is 4.98 Å². The van der Waals surface area contributed by atoms with Crippen LogP contribution in [0.3, 0.4) is 0 Å². The Morgan fingerprint density at radius 2 is 2.10 bits per heavy atom. The number of hydrogen-bond donors (Lipinski definition) is 2. The van der Waals surface area contributed by atoms with Crippen molar-refractivity contribution in [3.8, 4) is 11.5 Å². The van der Waals surface area contributed by atoms with Crippen LogP contribution in [0.15, 0.2) is 5.38 Å². The van der Waals surface area contributed by atoms with E-state index in [2.05, 4.69) is 36.9 Å². The predicted molar refractivity (Wildman–Crippen MR) is 112 cm³/mol. The van der Waals surface area contributed by atoms with Crippen LogP contribution in [0.2, 0.25) is 0 Å². The minimum atomic E-state index is -1.24. The summed E-state index contributed by atoms with van der Waals surface area (Å²) in [4.78, 5) is 19.7. The second-order valence-corrected chi connectivity index (χ2v) is 9.28. The predicted octanol–water partition coefficient (Wildman–Crippen LogP) is 1.77. The normalized spacial score (nSPS) is 22.1. The van der Waals surface area contributed by atoms with Crippen molar-refractivity contribution in [1.29, 1.82) is 0 Å². The molecule has 0 bridgehead atoms. The van der Waals surface area contributed by atoms with E-state index in [0.29, 0.717) is 12.8 Å². The molecule has 9 heteroatoms. The number of nitrogens with zero attached hydrogens (tertiary/aromatic N) is 5. The van der Waals surface area contributed by atoms with Crippen LogP contribution in [-0.4, -0.2) is 66.9 Å². The third-order valence-corrected chi connectivity index (χ3v) is 6.85. The van der Waals surface area contributed by atoms with Gasteiger partial charge in [-0.2, -0.15) is 0 Å². The van der Waals surface area contributed by atoms with Crippen molar-refractivity contribution in [2.45, 2.75) is 70.6 Å². The first-order valence-electron chi connectivity index (χ1n) is 10.6. The van der Waals surface area contributed by atoms with Crippen LogP contribution < -0.4 is 5.32 Å².